The van der Waals surface area contributed by atoms with Crippen molar-refractivity contribution in [1.29, 1.82) is 5.26 Å². The standard InChI is InChI=1S/C13H16N2O2/c1-16-13-6-10(2-3-11(13)7-14)9-17-12-4-5-15-8-12/h2-3,6,12,15H,4-5,8-9H2,1H3. The Hall–Kier alpha value is -1.57. The van der Waals surface area contributed by atoms with Crippen molar-refractivity contribution in [3.63, 3.8) is 0 Å². The van der Waals surface area contributed by atoms with Crippen LogP contribution in [0.1, 0.15) is 17.5 Å². The van der Waals surface area contributed by atoms with Gasteiger partial charge in [0.2, 0.25) is 0 Å². The van der Waals surface area contributed by atoms with E-state index < -0.39 is 0 Å². The van der Waals surface area contributed by atoms with Crippen LogP contribution in [0.25, 0.3) is 0 Å². The number of benzene rings is 1. The van der Waals surface area contributed by atoms with Gasteiger partial charge in [-0.25, -0.2) is 0 Å². The molecule has 1 aliphatic heterocycles. The average molecular weight is 232 g/mol. The normalized spacial score (nSPS) is 18.9. The Labute approximate surface area is 101 Å². The molecule has 0 saturated carbocycles. The van der Waals surface area contributed by atoms with E-state index in [1.165, 1.54) is 0 Å². The minimum Gasteiger partial charge on any atom is -0.495 e. The Bertz CT molecular complexity index is 420. The maximum absolute atomic E-state index is 8.87. The zero-order valence-corrected chi connectivity index (χ0v) is 9.90. The lowest BCUT2D eigenvalue weighted by Gasteiger charge is -2.11. The third kappa shape index (κ3) is 2.96. The number of hydrogen-bond acceptors (Lipinski definition) is 4. The summed E-state index contributed by atoms with van der Waals surface area (Å²) in [5.74, 6) is 0.609. The Morgan fingerprint density at radius 3 is 3.06 bits per heavy atom. The van der Waals surface area contributed by atoms with Crippen molar-refractivity contribution >= 4 is 0 Å². The van der Waals surface area contributed by atoms with Gasteiger partial charge in [-0.05, 0) is 30.7 Å². The van der Waals surface area contributed by atoms with Crippen LogP contribution in [0.4, 0.5) is 0 Å². The molecule has 1 atom stereocenters. The lowest BCUT2D eigenvalue weighted by atomic mass is 10.1. The molecule has 0 aromatic heterocycles. The van der Waals surface area contributed by atoms with E-state index in [2.05, 4.69) is 11.4 Å². The van der Waals surface area contributed by atoms with Gasteiger partial charge in [0.1, 0.15) is 11.8 Å². The average Bonchev–Trinajstić information content (AvgIpc) is 2.89. The molecule has 0 aliphatic carbocycles. The van der Waals surface area contributed by atoms with Gasteiger partial charge in [-0.3, -0.25) is 0 Å². The fourth-order valence-electron chi connectivity index (χ4n) is 1.90. The molecular weight excluding hydrogens is 216 g/mol. The largest absolute Gasteiger partial charge is 0.495 e. The molecule has 0 bridgehead atoms. The minimum atomic E-state index is 0.302. The minimum absolute atomic E-state index is 0.302. The summed E-state index contributed by atoms with van der Waals surface area (Å²) >= 11 is 0. The zero-order valence-electron chi connectivity index (χ0n) is 9.90. The van der Waals surface area contributed by atoms with Crippen molar-refractivity contribution in [3.8, 4) is 11.8 Å². The summed E-state index contributed by atoms with van der Waals surface area (Å²) in [5, 5.41) is 12.1. The van der Waals surface area contributed by atoms with Gasteiger partial charge >= 0.3 is 0 Å². The van der Waals surface area contributed by atoms with Crippen LogP contribution < -0.4 is 10.1 Å². The zero-order chi connectivity index (χ0) is 12.1. The second-order valence-electron chi connectivity index (χ2n) is 4.07. The summed E-state index contributed by atoms with van der Waals surface area (Å²) in [6.07, 6.45) is 1.37. The number of nitriles is 1. The van der Waals surface area contributed by atoms with Crippen molar-refractivity contribution in [2.75, 3.05) is 20.2 Å². The van der Waals surface area contributed by atoms with Crippen molar-refractivity contribution < 1.29 is 9.47 Å². The number of nitrogens with one attached hydrogen (secondary N) is 1. The van der Waals surface area contributed by atoms with Crippen LogP contribution in [0.5, 0.6) is 5.75 Å². The Kier molecular flexibility index (Phi) is 3.97. The second kappa shape index (κ2) is 5.67. The summed E-state index contributed by atoms with van der Waals surface area (Å²) < 4.78 is 10.9. The molecule has 4 nitrogen and oxygen atoms in total. The van der Waals surface area contributed by atoms with Gasteiger partial charge in [0.25, 0.3) is 0 Å². The van der Waals surface area contributed by atoms with Gasteiger partial charge in [0, 0.05) is 6.54 Å². The molecule has 4 heteroatoms. The van der Waals surface area contributed by atoms with E-state index in [-0.39, 0.29) is 0 Å². The quantitative estimate of drug-likeness (QED) is 0.853. The Balaban J connectivity index is 1.98. The molecule has 0 spiro atoms. The van der Waals surface area contributed by atoms with Crippen molar-refractivity contribution in [2.24, 2.45) is 0 Å². The van der Waals surface area contributed by atoms with Gasteiger partial charge < -0.3 is 14.8 Å². The second-order valence-corrected chi connectivity index (χ2v) is 4.07. The predicted molar refractivity (Wildman–Crippen MR) is 63.8 cm³/mol. The number of rotatable bonds is 4. The molecular formula is C13H16N2O2. The molecule has 1 fully saturated rings. The molecule has 0 amide bonds. The van der Waals surface area contributed by atoms with E-state index in [0.29, 0.717) is 24.0 Å². The van der Waals surface area contributed by atoms with Crippen molar-refractivity contribution in [2.45, 2.75) is 19.1 Å². The number of hydrogen-bond donors (Lipinski definition) is 1. The Morgan fingerprint density at radius 2 is 2.41 bits per heavy atom. The maximum atomic E-state index is 8.87. The molecule has 1 heterocycles. The summed E-state index contributed by atoms with van der Waals surface area (Å²) in [6, 6.07) is 7.63. The fraction of sp³-hybridized carbons (Fsp3) is 0.462. The SMILES string of the molecule is COc1cc(COC2CCNC2)ccc1C#N. The van der Waals surface area contributed by atoms with E-state index in [1.54, 1.807) is 13.2 Å². The van der Waals surface area contributed by atoms with Gasteiger partial charge in [-0.2, -0.15) is 5.26 Å². The lowest BCUT2D eigenvalue weighted by molar-refractivity contribution is 0.0541. The molecule has 17 heavy (non-hydrogen) atoms. The molecule has 2 rings (SSSR count). The van der Waals surface area contributed by atoms with Gasteiger partial charge in [0.15, 0.2) is 0 Å². The van der Waals surface area contributed by atoms with Gasteiger partial charge in [-0.15, -0.1) is 0 Å². The highest BCUT2D eigenvalue weighted by Crippen LogP contribution is 2.20. The van der Waals surface area contributed by atoms with E-state index in [1.807, 2.05) is 12.1 Å². The highest BCUT2D eigenvalue weighted by atomic mass is 16.5. The monoisotopic (exact) mass is 232 g/mol. The Morgan fingerprint density at radius 1 is 1.53 bits per heavy atom. The van der Waals surface area contributed by atoms with Crippen molar-refractivity contribution in [1.82, 2.24) is 5.32 Å². The molecule has 1 N–H and O–H groups in total. The van der Waals surface area contributed by atoms with Crippen LogP contribution in [0, 0.1) is 11.3 Å². The van der Waals surface area contributed by atoms with E-state index in [4.69, 9.17) is 14.7 Å². The first-order chi connectivity index (χ1) is 8.33. The summed E-state index contributed by atoms with van der Waals surface area (Å²) in [6.45, 7) is 2.52. The highest BCUT2D eigenvalue weighted by Gasteiger charge is 2.14. The molecule has 1 unspecified atom stereocenters. The molecule has 1 saturated heterocycles. The highest BCUT2D eigenvalue weighted by molar-refractivity contribution is 5.45. The van der Waals surface area contributed by atoms with Crippen LogP contribution in [0.15, 0.2) is 18.2 Å². The molecule has 0 radical (unpaired) electrons. The summed E-state index contributed by atoms with van der Waals surface area (Å²) in [4.78, 5) is 0. The molecule has 1 aromatic carbocycles. The first-order valence-electron chi connectivity index (χ1n) is 5.73. The first kappa shape index (κ1) is 11.9. The fourth-order valence-corrected chi connectivity index (χ4v) is 1.90. The van der Waals surface area contributed by atoms with Crippen LogP contribution in [-0.2, 0) is 11.3 Å². The topological polar surface area (TPSA) is 54.3 Å². The molecule has 1 aromatic rings. The van der Waals surface area contributed by atoms with Gasteiger partial charge in [-0.1, -0.05) is 6.07 Å². The molecule has 90 valence electrons. The first-order valence-corrected chi connectivity index (χ1v) is 5.73. The number of methoxy groups -OCH3 is 1. The summed E-state index contributed by atoms with van der Waals surface area (Å²) in [7, 11) is 1.57. The van der Waals surface area contributed by atoms with Crippen LogP contribution in [0.2, 0.25) is 0 Å². The van der Waals surface area contributed by atoms with Crippen LogP contribution >= 0.6 is 0 Å². The van der Waals surface area contributed by atoms with Crippen LogP contribution in [-0.4, -0.2) is 26.3 Å². The molecule has 1 aliphatic rings. The summed E-state index contributed by atoms with van der Waals surface area (Å²) in [5.41, 5.74) is 1.59. The predicted octanol–water partition coefficient (Wildman–Crippen LogP) is 1.45. The van der Waals surface area contributed by atoms with E-state index >= 15 is 0 Å². The van der Waals surface area contributed by atoms with Crippen LogP contribution in [0.3, 0.4) is 0 Å². The maximum Gasteiger partial charge on any atom is 0.136 e. The number of nitrogens with zero attached hydrogens (tertiary/aromatic N) is 1. The van der Waals surface area contributed by atoms with E-state index in [9.17, 15) is 0 Å². The third-order valence-corrected chi connectivity index (χ3v) is 2.89. The van der Waals surface area contributed by atoms with Gasteiger partial charge in [0.05, 0.1) is 25.4 Å². The van der Waals surface area contributed by atoms with Crippen molar-refractivity contribution in [3.05, 3.63) is 29.3 Å². The smallest absolute Gasteiger partial charge is 0.136 e. The number of ether oxygens (including phenoxy) is 2. The lowest BCUT2D eigenvalue weighted by Crippen LogP contribution is -2.16. The van der Waals surface area contributed by atoms with E-state index in [0.717, 1.165) is 25.1 Å². The third-order valence-electron chi connectivity index (χ3n) is 2.89.